The number of esters is 1. The second kappa shape index (κ2) is 8.01. The first-order valence-electron chi connectivity index (χ1n) is 9.90. The van der Waals surface area contributed by atoms with E-state index in [1.807, 2.05) is 13.0 Å². The van der Waals surface area contributed by atoms with Gasteiger partial charge < -0.3 is 9.16 Å². The van der Waals surface area contributed by atoms with Gasteiger partial charge in [-0.3, -0.25) is 4.79 Å². The van der Waals surface area contributed by atoms with Crippen LogP contribution in [-0.4, -0.2) is 27.0 Å². The van der Waals surface area contributed by atoms with Crippen LogP contribution in [0.15, 0.2) is 24.3 Å². The third-order valence-corrected chi connectivity index (χ3v) is 11.1. The predicted octanol–water partition coefficient (Wildman–Crippen LogP) is 6.27. The average Bonchev–Trinajstić information content (AvgIpc) is 2.44. The summed E-state index contributed by atoms with van der Waals surface area (Å²) in [6.45, 7) is 23.9. The Kier molecular flexibility index (Phi) is 7.14. The van der Waals surface area contributed by atoms with E-state index in [2.05, 4.69) is 67.3 Å². The lowest BCUT2D eigenvalue weighted by Crippen LogP contribution is -2.53. The number of hydrogen-bond donors (Lipinski definition) is 0. The SMILES string of the molecule is C=CCC[C@]1(C(=O)OCC)C(C)=CC(O[Si](C)(C)C(C)(C)C)CC1(C)C. The van der Waals surface area contributed by atoms with Crippen LogP contribution in [0.2, 0.25) is 18.1 Å². The quantitative estimate of drug-likeness (QED) is 0.297. The van der Waals surface area contributed by atoms with E-state index >= 15 is 0 Å². The summed E-state index contributed by atoms with van der Waals surface area (Å²) in [5.41, 5.74) is 0.233. The van der Waals surface area contributed by atoms with E-state index < -0.39 is 13.7 Å². The lowest BCUT2D eigenvalue weighted by atomic mass is 9.55. The van der Waals surface area contributed by atoms with Crippen molar-refractivity contribution in [3.8, 4) is 0 Å². The molecule has 4 heteroatoms. The van der Waals surface area contributed by atoms with Gasteiger partial charge in [0, 0.05) is 0 Å². The Balaban J connectivity index is 3.32. The Hall–Kier alpha value is -0.873. The van der Waals surface area contributed by atoms with Gasteiger partial charge in [-0.15, -0.1) is 6.58 Å². The molecule has 2 atom stereocenters. The highest BCUT2D eigenvalue weighted by Crippen LogP contribution is 2.55. The lowest BCUT2D eigenvalue weighted by molar-refractivity contribution is -0.162. The molecule has 3 nitrogen and oxygen atoms in total. The van der Waals surface area contributed by atoms with Crippen molar-refractivity contribution in [3.63, 3.8) is 0 Å². The number of carbonyl (C=O) groups is 1. The zero-order chi connectivity index (χ0) is 20.4. The molecular weight excluding hydrogens is 340 g/mol. The van der Waals surface area contributed by atoms with Gasteiger partial charge in [0.25, 0.3) is 0 Å². The Morgan fingerprint density at radius 3 is 2.38 bits per heavy atom. The van der Waals surface area contributed by atoms with Crippen molar-refractivity contribution in [1.29, 1.82) is 0 Å². The number of rotatable bonds is 7. The van der Waals surface area contributed by atoms with Gasteiger partial charge in [0.2, 0.25) is 0 Å². The highest BCUT2D eigenvalue weighted by molar-refractivity contribution is 6.74. The fraction of sp³-hybridized carbons (Fsp3) is 0.773. The van der Waals surface area contributed by atoms with Gasteiger partial charge >= 0.3 is 5.97 Å². The molecule has 0 saturated carbocycles. The van der Waals surface area contributed by atoms with Crippen LogP contribution in [0.3, 0.4) is 0 Å². The van der Waals surface area contributed by atoms with Crippen molar-refractivity contribution in [2.75, 3.05) is 6.61 Å². The molecule has 0 N–H and O–H groups in total. The summed E-state index contributed by atoms with van der Waals surface area (Å²) in [5.74, 6) is -0.105. The molecule has 26 heavy (non-hydrogen) atoms. The summed E-state index contributed by atoms with van der Waals surface area (Å²) in [5, 5.41) is 0.164. The Labute approximate surface area is 162 Å². The van der Waals surface area contributed by atoms with E-state index in [1.54, 1.807) is 0 Å². The first-order chi connectivity index (χ1) is 11.7. The first-order valence-corrected chi connectivity index (χ1v) is 12.8. The Morgan fingerprint density at radius 2 is 1.96 bits per heavy atom. The average molecular weight is 381 g/mol. The smallest absolute Gasteiger partial charge is 0.316 e. The number of allylic oxidation sites excluding steroid dienone is 1. The number of hydrogen-bond acceptors (Lipinski definition) is 3. The van der Waals surface area contributed by atoms with Crippen LogP contribution >= 0.6 is 0 Å². The summed E-state index contributed by atoms with van der Waals surface area (Å²) < 4.78 is 12.2. The first kappa shape index (κ1) is 23.2. The van der Waals surface area contributed by atoms with E-state index in [-0.39, 0.29) is 22.5 Å². The van der Waals surface area contributed by atoms with Gasteiger partial charge in [-0.2, -0.15) is 0 Å². The molecule has 1 aliphatic rings. The molecule has 1 aliphatic carbocycles. The van der Waals surface area contributed by atoms with E-state index in [0.717, 1.165) is 24.8 Å². The molecule has 0 aliphatic heterocycles. The molecule has 0 fully saturated rings. The maximum absolute atomic E-state index is 13.1. The minimum atomic E-state index is -1.88. The molecule has 0 aromatic carbocycles. The number of ether oxygens (including phenoxy) is 1. The summed E-state index contributed by atoms with van der Waals surface area (Å²) in [4.78, 5) is 13.1. The third-order valence-electron chi connectivity index (χ3n) is 6.58. The standard InChI is InChI=1S/C22H40O3Si/c1-11-13-14-22(19(23)24-12-2)17(3)15-18(16-21(22,7)8)25-26(9,10)20(4,5)6/h11,15,18H,1,12-14,16H2,2-10H3/t18?,22-/m1/s1. The molecule has 1 rings (SSSR count). The molecule has 0 amide bonds. The molecule has 150 valence electrons. The lowest BCUT2D eigenvalue weighted by Gasteiger charge is -2.51. The van der Waals surface area contributed by atoms with Gasteiger partial charge in [-0.05, 0) is 56.7 Å². The summed E-state index contributed by atoms with van der Waals surface area (Å²) in [7, 11) is -1.88. The van der Waals surface area contributed by atoms with E-state index in [4.69, 9.17) is 9.16 Å². The van der Waals surface area contributed by atoms with E-state index in [0.29, 0.717) is 6.61 Å². The van der Waals surface area contributed by atoms with Crippen LogP contribution < -0.4 is 0 Å². The second-order valence-corrected chi connectivity index (χ2v) is 14.6. The Bertz CT molecular complexity index is 554. The predicted molar refractivity (Wildman–Crippen MR) is 113 cm³/mol. The van der Waals surface area contributed by atoms with Crippen LogP contribution in [0.1, 0.15) is 67.7 Å². The molecule has 1 unspecified atom stereocenters. The third kappa shape index (κ3) is 4.33. The van der Waals surface area contributed by atoms with Crippen molar-refractivity contribution < 1.29 is 14.0 Å². The zero-order valence-electron chi connectivity index (χ0n) is 18.5. The second-order valence-electron chi connectivity index (χ2n) is 9.81. The van der Waals surface area contributed by atoms with Crippen molar-refractivity contribution in [1.82, 2.24) is 0 Å². The van der Waals surface area contributed by atoms with Crippen LogP contribution in [0.5, 0.6) is 0 Å². The highest BCUT2D eigenvalue weighted by Gasteiger charge is 2.56. The molecule has 0 radical (unpaired) electrons. The van der Waals surface area contributed by atoms with Crippen LogP contribution in [-0.2, 0) is 14.0 Å². The summed E-state index contributed by atoms with van der Waals surface area (Å²) >= 11 is 0. The summed E-state index contributed by atoms with van der Waals surface area (Å²) in [6, 6.07) is 0. The minimum absolute atomic E-state index is 0.0529. The maximum atomic E-state index is 13.1. The Morgan fingerprint density at radius 1 is 1.38 bits per heavy atom. The molecule has 0 spiro atoms. The van der Waals surface area contributed by atoms with Crippen LogP contribution in [0, 0.1) is 10.8 Å². The zero-order valence-corrected chi connectivity index (χ0v) is 19.5. The molecule has 0 bridgehead atoms. The van der Waals surface area contributed by atoms with Gasteiger partial charge in [0.05, 0.1) is 18.1 Å². The minimum Gasteiger partial charge on any atom is -0.465 e. The monoisotopic (exact) mass is 380 g/mol. The van der Waals surface area contributed by atoms with Crippen LogP contribution in [0.4, 0.5) is 0 Å². The van der Waals surface area contributed by atoms with E-state index in [9.17, 15) is 4.79 Å². The highest BCUT2D eigenvalue weighted by atomic mass is 28.4. The van der Waals surface area contributed by atoms with Crippen molar-refractivity contribution >= 4 is 14.3 Å². The van der Waals surface area contributed by atoms with Crippen molar-refractivity contribution in [3.05, 3.63) is 24.3 Å². The van der Waals surface area contributed by atoms with Gasteiger partial charge in [0.1, 0.15) is 0 Å². The van der Waals surface area contributed by atoms with Crippen molar-refractivity contribution in [2.24, 2.45) is 10.8 Å². The fourth-order valence-corrected chi connectivity index (χ4v) is 5.23. The molecule has 0 aromatic heterocycles. The van der Waals surface area contributed by atoms with Gasteiger partial charge in [0.15, 0.2) is 8.32 Å². The van der Waals surface area contributed by atoms with Gasteiger partial charge in [-0.1, -0.05) is 52.3 Å². The molecule has 0 saturated heterocycles. The largest absolute Gasteiger partial charge is 0.465 e. The van der Waals surface area contributed by atoms with Gasteiger partial charge in [-0.25, -0.2) is 0 Å². The van der Waals surface area contributed by atoms with Crippen molar-refractivity contribution in [2.45, 2.75) is 92.0 Å². The topological polar surface area (TPSA) is 35.5 Å². The molecule has 0 heterocycles. The van der Waals surface area contributed by atoms with E-state index in [1.165, 1.54) is 0 Å². The maximum Gasteiger partial charge on any atom is 0.316 e. The summed E-state index contributed by atoms with van der Waals surface area (Å²) in [6.07, 6.45) is 6.48. The fourth-order valence-electron chi connectivity index (χ4n) is 3.97. The molecule has 0 aromatic rings. The normalized spacial score (nSPS) is 26.2. The van der Waals surface area contributed by atoms with Crippen LogP contribution in [0.25, 0.3) is 0 Å². The molecular formula is C22H40O3Si. The number of carbonyl (C=O) groups excluding carboxylic acids is 1.